The summed E-state index contributed by atoms with van der Waals surface area (Å²) in [5, 5.41) is 0. The van der Waals surface area contributed by atoms with E-state index in [0.717, 1.165) is 24.8 Å². The van der Waals surface area contributed by atoms with Crippen molar-refractivity contribution in [1.29, 1.82) is 0 Å². The average Bonchev–Trinajstić information content (AvgIpc) is 2.99. The molecule has 1 unspecified atom stereocenters. The number of carbonyl (C=O) groups is 1. The van der Waals surface area contributed by atoms with E-state index in [1.165, 1.54) is 38.5 Å². The zero-order valence-electron chi connectivity index (χ0n) is 10.8. The van der Waals surface area contributed by atoms with Crippen molar-refractivity contribution in [3.63, 3.8) is 0 Å². The van der Waals surface area contributed by atoms with Crippen LogP contribution in [-0.2, 0) is 11.3 Å². The summed E-state index contributed by atoms with van der Waals surface area (Å²) in [7, 11) is 0. The van der Waals surface area contributed by atoms with Crippen LogP contribution in [0.2, 0.25) is 0 Å². The zero-order valence-corrected chi connectivity index (χ0v) is 10.8. The van der Waals surface area contributed by atoms with Crippen molar-refractivity contribution in [3.8, 4) is 0 Å². The van der Waals surface area contributed by atoms with E-state index in [1.807, 2.05) is 18.5 Å². The van der Waals surface area contributed by atoms with E-state index < -0.39 is 0 Å². The Bertz CT molecular complexity index is 418. The van der Waals surface area contributed by atoms with Crippen LogP contribution in [0.3, 0.4) is 0 Å². The smallest absolute Gasteiger partial charge is 0.151 e. The van der Waals surface area contributed by atoms with Crippen molar-refractivity contribution in [2.45, 2.75) is 63.2 Å². The van der Waals surface area contributed by atoms with E-state index in [2.05, 4.69) is 4.57 Å². The van der Waals surface area contributed by atoms with Crippen LogP contribution in [0, 0.1) is 0 Å². The van der Waals surface area contributed by atoms with Gasteiger partial charge in [0, 0.05) is 24.5 Å². The average molecular weight is 247 g/mol. The lowest BCUT2D eigenvalue weighted by atomic mass is 9.83. The van der Waals surface area contributed by atoms with Crippen molar-refractivity contribution in [2.24, 2.45) is 0 Å². The Hall–Kier alpha value is -1.09. The van der Waals surface area contributed by atoms with E-state index in [-0.39, 0.29) is 5.60 Å². The molecule has 98 valence electrons. The molecule has 3 heteroatoms. The maximum atomic E-state index is 10.7. The third-order valence-electron chi connectivity index (χ3n) is 4.43. The number of aldehydes is 1. The molecule has 1 spiro atoms. The van der Waals surface area contributed by atoms with Crippen molar-refractivity contribution in [2.75, 3.05) is 0 Å². The van der Waals surface area contributed by atoms with Gasteiger partial charge in [-0.25, -0.2) is 0 Å². The lowest BCUT2D eigenvalue weighted by molar-refractivity contribution is -0.0679. The summed E-state index contributed by atoms with van der Waals surface area (Å²) in [6, 6.07) is 1.86. The van der Waals surface area contributed by atoms with Crippen LogP contribution in [0.25, 0.3) is 0 Å². The second kappa shape index (κ2) is 4.88. The highest BCUT2D eigenvalue weighted by atomic mass is 16.5. The van der Waals surface area contributed by atoms with Gasteiger partial charge in [-0.15, -0.1) is 0 Å². The predicted molar refractivity (Wildman–Crippen MR) is 69.7 cm³/mol. The molecule has 1 saturated carbocycles. The molecule has 3 nitrogen and oxygen atoms in total. The lowest BCUT2D eigenvalue weighted by Crippen LogP contribution is -2.32. The Labute approximate surface area is 108 Å². The largest absolute Gasteiger partial charge is 0.370 e. The van der Waals surface area contributed by atoms with Crippen LogP contribution in [0.15, 0.2) is 18.5 Å². The van der Waals surface area contributed by atoms with Gasteiger partial charge in [-0.2, -0.15) is 0 Å². The summed E-state index contributed by atoms with van der Waals surface area (Å²) in [5.74, 6) is 0. The first-order chi connectivity index (χ1) is 8.80. The van der Waals surface area contributed by atoms with Gasteiger partial charge in [0.05, 0.1) is 11.7 Å². The minimum absolute atomic E-state index is 0.198. The number of ether oxygens (including phenoxy) is 1. The Morgan fingerprint density at radius 2 is 2.17 bits per heavy atom. The third kappa shape index (κ3) is 2.37. The molecule has 2 aliphatic rings. The Kier molecular flexibility index (Phi) is 3.25. The van der Waals surface area contributed by atoms with Crippen LogP contribution in [0.4, 0.5) is 0 Å². The highest BCUT2D eigenvalue weighted by Crippen LogP contribution is 2.42. The topological polar surface area (TPSA) is 31.2 Å². The number of aromatic nitrogens is 1. The molecule has 1 aromatic rings. The Morgan fingerprint density at radius 3 is 2.89 bits per heavy atom. The van der Waals surface area contributed by atoms with Gasteiger partial charge in [-0.05, 0) is 31.7 Å². The van der Waals surface area contributed by atoms with E-state index in [4.69, 9.17) is 4.74 Å². The molecule has 1 aliphatic carbocycles. The SMILES string of the molecule is O=Cc1ccn(CC2CCC3(CCCCC3)O2)c1. The van der Waals surface area contributed by atoms with Gasteiger partial charge >= 0.3 is 0 Å². The quantitative estimate of drug-likeness (QED) is 0.768. The fraction of sp³-hybridized carbons (Fsp3) is 0.667. The molecule has 0 amide bonds. The maximum Gasteiger partial charge on any atom is 0.151 e. The number of hydrogen-bond acceptors (Lipinski definition) is 2. The summed E-state index contributed by atoms with van der Waals surface area (Å²) in [6.07, 6.45) is 14.0. The second-order valence-electron chi connectivity index (χ2n) is 5.78. The summed E-state index contributed by atoms with van der Waals surface area (Å²) in [4.78, 5) is 10.7. The normalized spacial score (nSPS) is 26.6. The van der Waals surface area contributed by atoms with E-state index in [1.54, 1.807) is 0 Å². The molecule has 3 rings (SSSR count). The van der Waals surface area contributed by atoms with Gasteiger partial charge in [0.15, 0.2) is 6.29 Å². The highest BCUT2D eigenvalue weighted by molar-refractivity contribution is 5.74. The van der Waals surface area contributed by atoms with Crippen LogP contribution in [0.5, 0.6) is 0 Å². The summed E-state index contributed by atoms with van der Waals surface area (Å²) >= 11 is 0. The van der Waals surface area contributed by atoms with Gasteiger partial charge in [-0.1, -0.05) is 19.3 Å². The third-order valence-corrected chi connectivity index (χ3v) is 4.43. The van der Waals surface area contributed by atoms with Crippen LogP contribution >= 0.6 is 0 Å². The first-order valence-electron chi connectivity index (χ1n) is 7.08. The molecule has 2 heterocycles. The van der Waals surface area contributed by atoms with E-state index in [9.17, 15) is 4.79 Å². The Balaban J connectivity index is 1.60. The molecule has 0 N–H and O–H groups in total. The van der Waals surface area contributed by atoms with Gasteiger partial charge in [0.2, 0.25) is 0 Å². The number of hydrogen-bond donors (Lipinski definition) is 0. The molecule has 1 aromatic heterocycles. The second-order valence-corrected chi connectivity index (χ2v) is 5.78. The van der Waals surface area contributed by atoms with Crippen molar-refractivity contribution >= 4 is 6.29 Å². The van der Waals surface area contributed by atoms with E-state index >= 15 is 0 Å². The Morgan fingerprint density at radius 1 is 1.33 bits per heavy atom. The summed E-state index contributed by atoms with van der Waals surface area (Å²) in [6.45, 7) is 0.885. The molecule has 2 fully saturated rings. The minimum atomic E-state index is 0.198. The monoisotopic (exact) mass is 247 g/mol. The number of nitrogens with zero attached hydrogens (tertiary/aromatic N) is 1. The van der Waals surface area contributed by atoms with Crippen LogP contribution in [0.1, 0.15) is 55.3 Å². The molecule has 0 bridgehead atoms. The fourth-order valence-electron chi connectivity index (χ4n) is 3.47. The zero-order chi connectivity index (χ0) is 12.4. The molecule has 18 heavy (non-hydrogen) atoms. The summed E-state index contributed by atoms with van der Waals surface area (Å²) < 4.78 is 8.41. The first kappa shape index (κ1) is 12.0. The molecule has 0 radical (unpaired) electrons. The van der Waals surface area contributed by atoms with E-state index in [0.29, 0.717) is 6.10 Å². The van der Waals surface area contributed by atoms with Crippen molar-refractivity contribution in [1.82, 2.24) is 4.57 Å². The number of carbonyl (C=O) groups excluding carboxylic acids is 1. The highest BCUT2D eigenvalue weighted by Gasteiger charge is 2.40. The maximum absolute atomic E-state index is 10.7. The molecule has 0 aromatic carbocycles. The molecular weight excluding hydrogens is 226 g/mol. The molecule has 1 aliphatic heterocycles. The van der Waals surface area contributed by atoms with Gasteiger partial charge in [-0.3, -0.25) is 4.79 Å². The van der Waals surface area contributed by atoms with Gasteiger partial charge in [0.25, 0.3) is 0 Å². The minimum Gasteiger partial charge on any atom is -0.370 e. The summed E-state index contributed by atoms with van der Waals surface area (Å²) in [5.41, 5.74) is 0.948. The van der Waals surface area contributed by atoms with Crippen LogP contribution in [-0.4, -0.2) is 22.6 Å². The van der Waals surface area contributed by atoms with Crippen molar-refractivity contribution < 1.29 is 9.53 Å². The van der Waals surface area contributed by atoms with Gasteiger partial charge in [0.1, 0.15) is 0 Å². The molecule has 1 saturated heterocycles. The molecular formula is C15H21NO2. The standard InChI is InChI=1S/C15H21NO2/c17-12-13-5-9-16(10-13)11-14-4-8-15(18-14)6-2-1-3-7-15/h5,9-10,12,14H,1-4,6-8,11H2. The van der Waals surface area contributed by atoms with Crippen molar-refractivity contribution in [3.05, 3.63) is 24.0 Å². The molecule has 1 atom stereocenters. The lowest BCUT2D eigenvalue weighted by Gasteiger charge is -2.33. The number of rotatable bonds is 3. The first-order valence-corrected chi connectivity index (χ1v) is 7.08. The van der Waals surface area contributed by atoms with Gasteiger partial charge < -0.3 is 9.30 Å². The predicted octanol–water partition coefficient (Wildman–Crippen LogP) is 3.18. The van der Waals surface area contributed by atoms with Crippen LogP contribution < -0.4 is 0 Å². The fourth-order valence-corrected chi connectivity index (χ4v) is 3.47.